The van der Waals surface area contributed by atoms with Gasteiger partial charge in [0.05, 0.1) is 10.6 Å². The van der Waals surface area contributed by atoms with E-state index < -0.39 is 0 Å². The van der Waals surface area contributed by atoms with E-state index in [0.717, 1.165) is 42.5 Å². The van der Waals surface area contributed by atoms with Crippen molar-refractivity contribution in [3.8, 4) is 22.4 Å². The van der Waals surface area contributed by atoms with Crippen LogP contribution in [-0.2, 0) is 0 Å². The number of benzene rings is 3. The van der Waals surface area contributed by atoms with Gasteiger partial charge in [0.25, 0.3) is 5.69 Å². The second kappa shape index (κ2) is 12.3. The Morgan fingerprint density at radius 2 is 1.51 bits per heavy atom. The molecule has 6 nitrogen and oxygen atoms in total. The number of allylic oxidation sites excluding steroid dienone is 1. The summed E-state index contributed by atoms with van der Waals surface area (Å²) >= 11 is 8.78. The molecule has 2 heterocycles. The van der Waals surface area contributed by atoms with Crippen molar-refractivity contribution in [2.45, 2.75) is 33.7 Å². The van der Waals surface area contributed by atoms with Crippen molar-refractivity contribution in [3.63, 3.8) is 0 Å². The number of rotatable bonds is 7. The molecule has 1 fully saturated rings. The predicted molar refractivity (Wildman–Crippen MR) is 180 cm³/mol. The molecule has 0 spiro atoms. The van der Waals surface area contributed by atoms with Crippen LogP contribution >= 0.6 is 34.2 Å². The molecule has 0 aliphatic carbocycles. The average Bonchev–Trinajstić information content (AvgIpc) is 3.24. The van der Waals surface area contributed by atoms with E-state index in [9.17, 15) is 10.1 Å². The fraction of sp³-hybridized carbons (Fsp3) is 0.273. The first-order valence-corrected chi connectivity index (χ1v) is 15.3. The summed E-state index contributed by atoms with van der Waals surface area (Å²) in [4.78, 5) is 15.4. The summed E-state index contributed by atoms with van der Waals surface area (Å²) in [5.74, 6) is 0. The molecule has 3 aromatic carbocycles. The molecule has 4 aromatic rings. The lowest BCUT2D eigenvalue weighted by atomic mass is 9.98. The lowest BCUT2D eigenvalue weighted by molar-refractivity contribution is -0.384. The van der Waals surface area contributed by atoms with E-state index in [-0.39, 0.29) is 10.6 Å². The standard InChI is InChI=1S/C33H34ClIN4O2/c1-5-6-24-19-26(31-32(35)23(4)38(22(2)3)33(31)25-7-9-27(34)10-8-25)21-30(20-24)37-17-15-36(16-18-37)28-11-13-29(14-12-28)39(40)41/h5-14,19-22H,15-18H2,1-4H3/b6-5+. The van der Waals surface area contributed by atoms with Crippen molar-refractivity contribution in [3.05, 3.63) is 103 Å². The Kier molecular flexibility index (Phi) is 8.75. The van der Waals surface area contributed by atoms with E-state index >= 15 is 0 Å². The maximum absolute atomic E-state index is 11.1. The van der Waals surface area contributed by atoms with Crippen molar-refractivity contribution in [1.29, 1.82) is 0 Å². The van der Waals surface area contributed by atoms with E-state index in [1.54, 1.807) is 12.1 Å². The summed E-state index contributed by atoms with van der Waals surface area (Å²) in [6.45, 7) is 12.1. The Balaban J connectivity index is 1.53. The molecule has 1 aliphatic heterocycles. The number of non-ortho nitro benzene ring substituents is 1. The first kappa shape index (κ1) is 29.2. The third-order valence-corrected chi connectivity index (χ3v) is 9.24. The number of halogens is 2. The topological polar surface area (TPSA) is 54.5 Å². The molecule has 0 amide bonds. The molecular weight excluding hydrogens is 647 g/mol. The van der Waals surface area contributed by atoms with E-state index in [4.69, 9.17) is 11.6 Å². The van der Waals surface area contributed by atoms with E-state index in [1.807, 2.05) is 24.3 Å². The van der Waals surface area contributed by atoms with Gasteiger partial charge in [-0.15, -0.1) is 0 Å². The lowest BCUT2D eigenvalue weighted by Crippen LogP contribution is -2.46. The molecule has 1 saturated heterocycles. The monoisotopic (exact) mass is 680 g/mol. The van der Waals surface area contributed by atoms with Crippen LogP contribution in [0.1, 0.15) is 38.1 Å². The van der Waals surface area contributed by atoms with Gasteiger partial charge in [0, 0.05) is 75.6 Å². The molecule has 0 bridgehead atoms. The zero-order valence-electron chi connectivity index (χ0n) is 23.8. The number of hydrogen-bond acceptors (Lipinski definition) is 4. The van der Waals surface area contributed by atoms with Gasteiger partial charge in [-0.3, -0.25) is 10.1 Å². The molecule has 1 aliphatic rings. The van der Waals surface area contributed by atoms with Crippen LogP contribution in [-0.4, -0.2) is 35.7 Å². The van der Waals surface area contributed by atoms with Crippen LogP contribution < -0.4 is 9.80 Å². The average molecular weight is 681 g/mol. The van der Waals surface area contributed by atoms with Gasteiger partial charge in [-0.05, 0) is 109 Å². The quantitative estimate of drug-likeness (QED) is 0.111. The fourth-order valence-corrected chi connectivity index (χ4v) is 6.69. The molecule has 0 N–H and O–H groups in total. The minimum atomic E-state index is -0.354. The fourth-order valence-electron chi connectivity index (χ4n) is 5.74. The van der Waals surface area contributed by atoms with E-state index in [1.165, 1.54) is 37.3 Å². The molecule has 0 radical (unpaired) electrons. The zero-order chi connectivity index (χ0) is 29.3. The highest BCUT2D eigenvalue weighted by molar-refractivity contribution is 14.1. The van der Waals surface area contributed by atoms with Gasteiger partial charge < -0.3 is 14.4 Å². The highest BCUT2D eigenvalue weighted by Crippen LogP contribution is 2.43. The number of nitro benzene ring substituents is 1. The summed E-state index contributed by atoms with van der Waals surface area (Å²) in [6.07, 6.45) is 4.26. The summed E-state index contributed by atoms with van der Waals surface area (Å²) in [5.41, 5.74) is 9.58. The number of aromatic nitrogens is 1. The van der Waals surface area contributed by atoms with E-state index in [0.29, 0.717) is 6.04 Å². The summed E-state index contributed by atoms with van der Waals surface area (Å²) < 4.78 is 3.69. The third kappa shape index (κ3) is 6.02. The zero-order valence-corrected chi connectivity index (χ0v) is 26.7. The SMILES string of the molecule is C/C=C/c1cc(-c2c(I)c(C)n(C(C)C)c2-c2ccc(Cl)cc2)cc(N2CCN(c3ccc([N+](=O)[O-])cc3)CC2)c1. The number of anilines is 2. The largest absolute Gasteiger partial charge is 0.368 e. The second-order valence-electron chi connectivity index (χ2n) is 10.7. The van der Waals surface area contributed by atoms with Crippen LogP contribution in [0.25, 0.3) is 28.5 Å². The van der Waals surface area contributed by atoms with Crippen LogP contribution in [0.4, 0.5) is 17.1 Å². The summed E-state index contributed by atoms with van der Waals surface area (Å²) in [6, 6.07) is 22.2. The van der Waals surface area contributed by atoms with Crippen molar-refractivity contribution < 1.29 is 4.92 Å². The maximum Gasteiger partial charge on any atom is 0.269 e. The lowest BCUT2D eigenvalue weighted by Gasteiger charge is -2.37. The first-order chi connectivity index (χ1) is 19.7. The van der Waals surface area contributed by atoms with Gasteiger partial charge in [-0.1, -0.05) is 35.9 Å². The molecule has 0 atom stereocenters. The molecule has 8 heteroatoms. The van der Waals surface area contributed by atoms with Crippen molar-refractivity contribution in [1.82, 2.24) is 4.57 Å². The Labute approximate surface area is 260 Å². The summed E-state index contributed by atoms with van der Waals surface area (Å²) in [5, 5.41) is 11.8. The van der Waals surface area contributed by atoms with Crippen molar-refractivity contribution in [2.75, 3.05) is 36.0 Å². The van der Waals surface area contributed by atoms with E-state index in [2.05, 4.69) is 107 Å². The molecule has 0 saturated carbocycles. The molecular formula is C33H34ClIN4O2. The molecule has 41 heavy (non-hydrogen) atoms. The minimum Gasteiger partial charge on any atom is -0.368 e. The van der Waals surface area contributed by atoms with Gasteiger partial charge in [0.1, 0.15) is 0 Å². The van der Waals surface area contributed by atoms with Crippen LogP contribution in [0.15, 0.2) is 72.8 Å². The highest BCUT2D eigenvalue weighted by atomic mass is 127. The van der Waals surface area contributed by atoms with Gasteiger partial charge in [0.15, 0.2) is 0 Å². The molecule has 212 valence electrons. The maximum atomic E-state index is 11.1. The number of nitro groups is 1. The Hall–Kier alpha value is -3.30. The van der Waals surface area contributed by atoms with Crippen molar-refractivity contribution >= 4 is 57.3 Å². The smallest absolute Gasteiger partial charge is 0.269 e. The Bertz CT molecular complexity index is 1590. The number of hydrogen-bond donors (Lipinski definition) is 0. The Morgan fingerprint density at radius 1 is 0.902 bits per heavy atom. The predicted octanol–water partition coefficient (Wildman–Crippen LogP) is 9.24. The number of piperazine rings is 1. The molecule has 1 aromatic heterocycles. The second-order valence-corrected chi connectivity index (χ2v) is 12.2. The summed E-state index contributed by atoms with van der Waals surface area (Å²) in [7, 11) is 0. The van der Waals surface area contributed by atoms with Gasteiger partial charge >= 0.3 is 0 Å². The number of nitrogens with zero attached hydrogens (tertiary/aromatic N) is 4. The van der Waals surface area contributed by atoms with Crippen LogP contribution in [0, 0.1) is 20.6 Å². The molecule has 5 rings (SSSR count). The van der Waals surface area contributed by atoms with Crippen molar-refractivity contribution in [2.24, 2.45) is 0 Å². The molecule has 0 unspecified atom stereocenters. The van der Waals surface area contributed by atoms with Gasteiger partial charge in [0.2, 0.25) is 0 Å². The first-order valence-electron chi connectivity index (χ1n) is 13.9. The van der Waals surface area contributed by atoms with Gasteiger partial charge in [-0.25, -0.2) is 0 Å². The Morgan fingerprint density at radius 3 is 2.07 bits per heavy atom. The van der Waals surface area contributed by atoms with Gasteiger partial charge in [-0.2, -0.15) is 0 Å². The van der Waals surface area contributed by atoms with Crippen LogP contribution in [0.2, 0.25) is 5.02 Å². The minimum absolute atomic E-state index is 0.120. The van der Waals surface area contributed by atoms with Crippen LogP contribution in [0.5, 0.6) is 0 Å². The van der Waals surface area contributed by atoms with Crippen LogP contribution in [0.3, 0.4) is 0 Å². The normalized spacial score (nSPS) is 13.9. The third-order valence-electron chi connectivity index (χ3n) is 7.67. The highest BCUT2D eigenvalue weighted by Gasteiger charge is 2.25.